The summed E-state index contributed by atoms with van der Waals surface area (Å²) in [6.45, 7) is 3.07. The van der Waals surface area contributed by atoms with Crippen molar-refractivity contribution in [1.29, 1.82) is 0 Å². The molecule has 0 bridgehead atoms. The number of amides is 1. The van der Waals surface area contributed by atoms with Crippen LogP contribution in [0.5, 0.6) is 0 Å². The largest absolute Gasteiger partial charge is 0.467 e. The molecule has 0 aliphatic rings. The van der Waals surface area contributed by atoms with Crippen molar-refractivity contribution in [2.75, 3.05) is 12.8 Å². The van der Waals surface area contributed by atoms with Gasteiger partial charge >= 0.3 is 0 Å². The summed E-state index contributed by atoms with van der Waals surface area (Å²) in [7, 11) is 1.81. The minimum absolute atomic E-state index is 0.0285. The van der Waals surface area contributed by atoms with Gasteiger partial charge in [-0.05, 0) is 40.6 Å². The molecule has 2 aromatic heterocycles. The first-order valence-electron chi connectivity index (χ1n) is 7.83. The second-order valence-electron chi connectivity index (χ2n) is 5.66. The normalized spacial score (nSPS) is 10.8. The van der Waals surface area contributed by atoms with E-state index in [4.69, 9.17) is 4.42 Å². The van der Waals surface area contributed by atoms with Gasteiger partial charge in [0.25, 0.3) is 0 Å². The number of aromatic nitrogens is 4. The Labute approximate surface area is 150 Å². The highest BCUT2D eigenvalue weighted by Gasteiger charge is 2.14. The molecule has 0 atom stereocenters. The molecular weight excluding hydrogens is 338 g/mol. The number of furan rings is 1. The highest BCUT2D eigenvalue weighted by atomic mass is 32.2. The molecule has 0 aliphatic carbocycles. The van der Waals surface area contributed by atoms with Gasteiger partial charge in [0, 0.05) is 13.6 Å². The van der Waals surface area contributed by atoms with E-state index < -0.39 is 0 Å². The summed E-state index contributed by atoms with van der Waals surface area (Å²) in [4.78, 5) is 14.1. The molecule has 8 heteroatoms. The Hall–Kier alpha value is -2.61. The standard InChI is InChI=1S/C17H19N5O2S/c1-13-6-3-4-7-14(13)10-21(2)16(23)12-25-17-18-19-20-22(17)11-15-8-5-9-24-15/h3-9H,10-12H2,1-2H3. The van der Waals surface area contributed by atoms with Crippen molar-refractivity contribution in [3.05, 3.63) is 59.5 Å². The molecule has 0 aliphatic heterocycles. The van der Waals surface area contributed by atoms with Gasteiger partial charge in [-0.1, -0.05) is 36.0 Å². The molecule has 0 radical (unpaired) electrons. The van der Waals surface area contributed by atoms with Gasteiger partial charge in [-0.3, -0.25) is 4.79 Å². The molecule has 0 unspecified atom stereocenters. The minimum atomic E-state index is 0.0285. The van der Waals surface area contributed by atoms with Crippen molar-refractivity contribution in [2.45, 2.75) is 25.2 Å². The Balaban J connectivity index is 1.55. The van der Waals surface area contributed by atoms with E-state index in [1.165, 1.54) is 17.3 Å². The summed E-state index contributed by atoms with van der Waals surface area (Å²) in [5, 5.41) is 12.2. The summed E-state index contributed by atoms with van der Waals surface area (Å²) in [5.41, 5.74) is 2.32. The highest BCUT2D eigenvalue weighted by Crippen LogP contribution is 2.17. The van der Waals surface area contributed by atoms with Crippen LogP contribution in [0.2, 0.25) is 0 Å². The van der Waals surface area contributed by atoms with Crippen molar-refractivity contribution in [1.82, 2.24) is 25.1 Å². The summed E-state index contributed by atoms with van der Waals surface area (Å²) in [5.74, 6) is 1.07. The molecule has 0 saturated heterocycles. The van der Waals surface area contributed by atoms with Gasteiger partial charge in [0.1, 0.15) is 12.3 Å². The second-order valence-corrected chi connectivity index (χ2v) is 6.61. The fraction of sp³-hybridized carbons (Fsp3) is 0.294. The van der Waals surface area contributed by atoms with E-state index in [2.05, 4.69) is 15.5 Å². The number of carbonyl (C=O) groups excluding carboxylic acids is 1. The van der Waals surface area contributed by atoms with Gasteiger partial charge in [-0.25, -0.2) is 4.68 Å². The van der Waals surface area contributed by atoms with E-state index in [1.54, 1.807) is 22.9 Å². The van der Waals surface area contributed by atoms with Gasteiger partial charge in [0.05, 0.1) is 12.0 Å². The molecule has 1 aromatic carbocycles. The minimum Gasteiger partial charge on any atom is -0.467 e. The summed E-state index contributed by atoms with van der Waals surface area (Å²) < 4.78 is 6.93. The zero-order valence-corrected chi connectivity index (χ0v) is 14.9. The molecule has 0 saturated carbocycles. The lowest BCUT2D eigenvalue weighted by Gasteiger charge is -2.18. The summed E-state index contributed by atoms with van der Waals surface area (Å²) >= 11 is 1.32. The van der Waals surface area contributed by atoms with Gasteiger partial charge < -0.3 is 9.32 Å². The molecule has 25 heavy (non-hydrogen) atoms. The number of benzene rings is 1. The van der Waals surface area contributed by atoms with Crippen molar-refractivity contribution >= 4 is 17.7 Å². The maximum absolute atomic E-state index is 12.4. The molecule has 7 nitrogen and oxygen atoms in total. The first-order valence-corrected chi connectivity index (χ1v) is 8.82. The van der Waals surface area contributed by atoms with E-state index in [1.807, 2.05) is 43.3 Å². The number of carbonyl (C=O) groups is 1. The van der Waals surface area contributed by atoms with Crippen LogP contribution in [0.4, 0.5) is 0 Å². The van der Waals surface area contributed by atoms with Crippen LogP contribution in [0.25, 0.3) is 0 Å². The third-order valence-electron chi connectivity index (χ3n) is 3.80. The van der Waals surface area contributed by atoms with Crippen LogP contribution >= 0.6 is 11.8 Å². The van der Waals surface area contributed by atoms with Gasteiger partial charge in [0.2, 0.25) is 11.1 Å². The Kier molecular flexibility index (Phi) is 5.49. The Morgan fingerprint density at radius 1 is 1.28 bits per heavy atom. The number of aryl methyl sites for hydroxylation is 1. The predicted octanol–water partition coefficient (Wildman–Crippen LogP) is 2.37. The van der Waals surface area contributed by atoms with Crippen molar-refractivity contribution < 1.29 is 9.21 Å². The first kappa shape index (κ1) is 17.2. The van der Waals surface area contributed by atoms with Crippen LogP contribution in [0, 0.1) is 6.92 Å². The number of tetrazole rings is 1. The van der Waals surface area contributed by atoms with Crippen LogP contribution < -0.4 is 0 Å². The van der Waals surface area contributed by atoms with Gasteiger partial charge in [-0.15, -0.1) is 5.10 Å². The average Bonchev–Trinajstić information content (AvgIpc) is 3.27. The first-order chi connectivity index (χ1) is 12.1. The monoisotopic (exact) mass is 357 g/mol. The number of thioether (sulfide) groups is 1. The third kappa shape index (κ3) is 4.48. The van der Waals surface area contributed by atoms with Crippen LogP contribution in [-0.2, 0) is 17.9 Å². The van der Waals surface area contributed by atoms with Gasteiger partial charge in [0.15, 0.2) is 0 Å². The van der Waals surface area contributed by atoms with E-state index in [-0.39, 0.29) is 11.7 Å². The number of hydrogen-bond acceptors (Lipinski definition) is 6. The number of nitrogens with zero attached hydrogens (tertiary/aromatic N) is 5. The van der Waals surface area contributed by atoms with Crippen molar-refractivity contribution in [2.24, 2.45) is 0 Å². The SMILES string of the molecule is Cc1ccccc1CN(C)C(=O)CSc1nnnn1Cc1ccco1. The van der Waals surface area contributed by atoms with Crippen LogP contribution in [0.1, 0.15) is 16.9 Å². The number of hydrogen-bond donors (Lipinski definition) is 0. The van der Waals surface area contributed by atoms with E-state index >= 15 is 0 Å². The molecule has 3 aromatic rings. The van der Waals surface area contributed by atoms with Crippen molar-refractivity contribution in [3.8, 4) is 0 Å². The van der Waals surface area contributed by atoms with Gasteiger partial charge in [-0.2, -0.15) is 0 Å². The molecule has 2 heterocycles. The molecule has 0 spiro atoms. The Morgan fingerprint density at radius 2 is 2.12 bits per heavy atom. The third-order valence-corrected chi connectivity index (χ3v) is 4.75. The average molecular weight is 357 g/mol. The molecule has 3 rings (SSSR count). The quantitative estimate of drug-likeness (QED) is 0.604. The zero-order chi connectivity index (χ0) is 17.6. The molecule has 130 valence electrons. The second kappa shape index (κ2) is 7.98. The van der Waals surface area contributed by atoms with E-state index in [0.717, 1.165) is 11.3 Å². The lowest BCUT2D eigenvalue weighted by molar-refractivity contribution is -0.127. The Morgan fingerprint density at radius 3 is 2.88 bits per heavy atom. The summed E-state index contributed by atoms with van der Waals surface area (Å²) in [6, 6.07) is 11.7. The molecular formula is C17H19N5O2S. The smallest absolute Gasteiger partial charge is 0.233 e. The maximum Gasteiger partial charge on any atom is 0.233 e. The van der Waals surface area contributed by atoms with E-state index in [9.17, 15) is 4.79 Å². The molecule has 1 amide bonds. The van der Waals surface area contributed by atoms with E-state index in [0.29, 0.717) is 18.2 Å². The highest BCUT2D eigenvalue weighted by molar-refractivity contribution is 7.99. The fourth-order valence-electron chi connectivity index (χ4n) is 2.32. The lowest BCUT2D eigenvalue weighted by atomic mass is 10.1. The lowest BCUT2D eigenvalue weighted by Crippen LogP contribution is -2.28. The molecule has 0 N–H and O–H groups in total. The zero-order valence-electron chi connectivity index (χ0n) is 14.1. The van der Waals surface area contributed by atoms with Crippen LogP contribution in [0.3, 0.4) is 0 Å². The Bertz CT molecular complexity index is 831. The number of rotatable bonds is 7. The topological polar surface area (TPSA) is 77.1 Å². The van der Waals surface area contributed by atoms with Crippen LogP contribution in [0.15, 0.2) is 52.2 Å². The summed E-state index contributed by atoms with van der Waals surface area (Å²) in [6.07, 6.45) is 1.61. The predicted molar refractivity (Wildman–Crippen MR) is 94.0 cm³/mol. The van der Waals surface area contributed by atoms with Crippen molar-refractivity contribution in [3.63, 3.8) is 0 Å². The maximum atomic E-state index is 12.4. The fourth-order valence-corrected chi connectivity index (χ4v) is 3.13. The molecule has 0 fully saturated rings. The van der Waals surface area contributed by atoms with Crippen LogP contribution in [-0.4, -0.2) is 43.8 Å².